The summed E-state index contributed by atoms with van der Waals surface area (Å²) in [4.78, 5) is 13.9. The molecule has 0 saturated heterocycles. The van der Waals surface area contributed by atoms with Crippen molar-refractivity contribution in [2.45, 2.75) is 52.6 Å². The molecule has 0 rings (SSSR count). The Labute approximate surface area is 99.1 Å². The molecule has 0 fully saturated rings. The topological polar surface area (TPSA) is 55.6 Å². The summed E-state index contributed by atoms with van der Waals surface area (Å²) < 4.78 is 5.00. The lowest BCUT2D eigenvalue weighted by Gasteiger charge is -2.42. The van der Waals surface area contributed by atoms with Crippen LogP contribution in [0.3, 0.4) is 0 Å². The number of likely N-dealkylation sites (N-methyl/N-ethyl adjacent to an activating group) is 1. The third-order valence-electron chi connectivity index (χ3n) is 3.41. The fourth-order valence-electron chi connectivity index (χ4n) is 2.07. The summed E-state index contributed by atoms with van der Waals surface area (Å²) in [5.41, 5.74) is 5.70. The number of nitrogens with two attached hydrogens (primary N) is 1. The fourth-order valence-corrected chi connectivity index (χ4v) is 2.07. The molecule has 0 heterocycles. The summed E-state index contributed by atoms with van der Waals surface area (Å²) >= 11 is 0. The zero-order valence-corrected chi connectivity index (χ0v) is 11.2. The molecule has 0 radical (unpaired) electrons. The Morgan fingerprint density at radius 2 is 1.81 bits per heavy atom. The quantitative estimate of drug-likeness (QED) is 0.671. The predicted molar refractivity (Wildman–Crippen MR) is 66.2 cm³/mol. The molecule has 4 heteroatoms. The van der Waals surface area contributed by atoms with E-state index in [0.29, 0.717) is 6.61 Å². The minimum atomic E-state index is -0.586. The van der Waals surface area contributed by atoms with E-state index in [0.717, 1.165) is 19.5 Å². The first-order valence-corrected chi connectivity index (χ1v) is 6.15. The van der Waals surface area contributed by atoms with E-state index in [1.807, 2.05) is 6.92 Å². The van der Waals surface area contributed by atoms with Crippen LogP contribution in [0.1, 0.15) is 41.0 Å². The number of ether oxygens (including phenoxy) is 1. The molecule has 16 heavy (non-hydrogen) atoms. The maximum atomic E-state index is 11.7. The van der Waals surface area contributed by atoms with Gasteiger partial charge in [0.25, 0.3) is 0 Å². The van der Waals surface area contributed by atoms with Gasteiger partial charge in [-0.15, -0.1) is 0 Å². The van der Waals surface area contributed by atoms with Gasteiger partial charge < -0.3 is 10.5 Å². The molecule has 0 aromatic carbocycles. The second kappa shape index (κ2) is 6.86. The smallest absolute Gasteiger partial charge is 0.324 e. The number of hydrogen-bond acceptors (Lipinski definition) is 4. The number of esters is 1. The van der Waals surface area contributed by atoms with Crippen molar-refractivity contribution >= 4 is 5.97 Å². The lowest BCUT2D eigenvalue weighted by Crippen LogP contribution is -2.61. The molecule has 0 spiro atoms. The maximum absolute atomic E-state index is 11.7. The van der Waals surface area contributed by atoms with E-state index in [-0.39, 0.29) is 11.5 Å². The average molecular weight is 230 g/mol. The van der Waals surface area contributed by atoms with Crippen LogP contribution in [0.25, 0.3) is 0 Å². The van der Waals surface area contributed by atoms with Crippen molar-refractivity contribution in [1.82, 2.24) is 4.90 Å². The first-order valence-electron chi connectivity index (χ1n) is 6.15. The van der Waals surface area contributed by atoms with Crippen molar-refractivity contribution in [3.63, 3.8) is 0 Å². The van der Waals surface area contributed by atoms with Crippen molar-refractivity contribution in [3.05, 3.63) is 0 Å². The average Bonchev–Trinajstić information content (AvgIpc) is 2.29. The van der Waals surface area contributed by atoms with E-state index >= 15 is 0 Å². The molecule has 2 atom stereocenters. The molecule has 0 aliphatic rings. The minimum Gasteiger partial charge on any atom is -0.465 e. The van der Waals surface area contributed by atoms with Crippen molar-refractivity contribution in [2.24, 2.45) is 5.73 Å². The van der Waals surface area contributed by atoms with Crippen molar-refractivity contribution < 1.29 is 9.53 Å². The van der Waals surface area contributed by atoms with Crippen LogP contribution < -0.4 is 5.73 Å². The van der Waals surface area contributed by atoms with Gasteiger partial charge in [-0.05, 0) is 33.4 Å². The van der Waals surface area contributed by atoms with Crippen LogP contribution in [-0.4, -0.2) is 42.1 Å². The Bertz CT molecular complexity index is 217. The standard InChI is InChI=1S/C12H26N2O2/c1-6-12(5,14(7-2)8-3)10(13)11(15)16-9-4/h10H,6-9,13H2,1-5H3/t10-,12+/m0/s1. The van der Waals surface area contributed by atoms with Crippen LogP contribution in [0.5, 0.6) is 0 Å². The predicted octanol–water partition coefficient (Wildman–Crippen LogP) is 1.39. The van der Waals surface area contributed by atoms with Crippen LogP contribution in [0.15, 0.2) is 0 Å². The number of hydrogen-bond donors (Lipinski definition) is 1. The number of rotatable bonds is 7. The Morgan fingerprint density at radius 3 is 2.12 bits per heavy atom. The fraction of sp³-hybridized carbons (Fsp3) is 0.917. The summed E-state index contributed by atoms with van der Waals surface area (Å²) in [5, 5.41) is 0. The van der Waals surface area contributed by atoms with Gasteiger partial charge in [0.05, 0.1) is 6.61 Å². The zero-order valence-electron chi connectivity index (χ0n) is 11.2. The van der Waals surface area contributed by atoms with E-state index in [4.69, 9.17) is 10.5 Å². The second-order valence-electron chi connectivity index (χ2n) is 4.11. The molecule has 0 saturated carbocycles. The highest BCUT2D eigenvalue weighted by atomic mass is 16.5. The first-order chi connectivity index (χ1) is 7.47. The van der Waals surface area contributed by atoms with Gasteiger partial charge >= 0.3 is 5.97 Å². The summed E-state index contributed by atoms with van der Waals surface area (Å²) in [5.74, 6) is -0.307. The summed E-state index contributed by atoms with van der Waals surface area (Å²) in [7, 11) is 0. The molecule has 0 aromatic heterocycles. The molecule has 0 aliphatic heterocycles. The highest BCUT2D eigenvalue weighted by Gasteiger charge is 2.39. The summed E-state index contributed by atoms with van der Waals surface area (Å²) in [6, 6.07) is -0.586. The Hall–Kier alpha value is -0.610. The lowest BCUT2D eigenvalue weighted by atomic mass is 9.87. The SMILES string of the molecule is CCOC(=O)[C@H](N)[C@@](C)(CC)N(CC)CC. The van der Waals surface area contributed by atoms with Gasteiger partial charge in [-0.3, -0.25) is 9.69 Å². The van der Waals surface area contributed by atoms with Gasteiger partial charge in [-0.25, -0.2) is 0 Å². The van der Waals surface area contributed by atoms with Gasteiger partial charge in [-0.2, -0.15) is 0 Å². The van der Waals surface area contributed by atoms with E-state index in [1.54, 1.807) is 6.92 Å². The van der Waals surface area contributed by atoms with Crippen molar-refractivity contribution in [3.8, 4) is 0 Å². The molecular formula is C12H26N2O2. The van der Waals surface area contributed by atoms with Gasteiger partial charge in [0.15, 0.2) is 0 Å². The molecular weight excluding hydrogens is 204 g/mol. The minimum absolute atomic E-state index is 0.307. The molecule has 2 N–H and O–H groups in total. The largest absolute Gasteiger partial charge is 0.465 e. The first kappa shape index (κ1) is 15.4. The van der Waals surface area contributed by atoms with E-state index < -0.39 is 6.04 Å². The molecule has 0 aromatic rings. The molecule has 0 amide bonds. The molecule has 0 aliphatic carbocycles. The Kier molecular flexibility index (Phi) is 6.60. The Morgan fingerprint density at radius 1 is 1.31 bits per heavy atom. The monoisotopic (exact) mass is 230 g/mol. The van der Waals surface area contributed by atoms with E-state index in [1.165, 1.54) is 0 Å². The van der Waals surface area contributed by atoms with Gasteiger partial charge in [0.1, 0.15) is 6.04 Å². The summed E-state index contributed by atoms with van der Waals surface area (Å²) in [6.07, 6.45) is 0.828. The van der Waals surface area contributed by atoms with Gasteiger partial charge in [0.2, 0.25) is 0 Å². The Balaban J connectivity index is 4.85. The van der Waals surface area contributed by atoms with Crippen LogP contribution in [0.4, 0.5) is 0 Å². The third-order valence-corrected chi connectivity index (χ3v) is 3.41. The molecule has 4 nitrogen and oxygen atoms in total. The van der Waals surface area contributed by atoms with Gasteiger partial charge in [0, 0.05) is 5.54 Å². The van der Waals surface area contributed by atoms with Crippen LogP contribution in [0.2, 0.25) is 0 Å². The number of carbonyl (C=O) groups is 1. The number of carbonyl (C=O) groups excluding carboxylic acids is 1. The summed E-state index contributed by atoms with van der Waals surface area (Å²) in [6.45, 7) is 12.2. The maximum Gasteiger partial charge on any atom is 0.324 e. The molecule has 0 unspecified atom stereocenters. The number of nitrogens with zero attached hydrogens (tertiary/aromatic N) is 1. The second-order valence-corrected chi connectivity index (χ2v) is 4.11. The van der Waals surface area contributed by atoms with Crippen LogP contribution in [-0.2, 0) is 9.53 Å². The molecule has 0 bridgehead atoms. The van der Waals surface area contributed by atoms with E-state index in [2.05, 4.69) is 25.7 Å². The van der Waals surface area contributed by atoms with Crippen molar-refractivity contribution in [2.75, 3.05) is 19.7 Å². The van der Waals surface area contributed by atoms with E-state index in [9.17, 15) is 4.79 Å². The van der Waals surface area contributed by atoms with Crippen LogP contribution >= 0.6 is 0 Å². The van der Waals surface area contributed by atoms with Crippen LogP contribution in [0, 0.1) is 0 Å². The molecule has 96 valence electrons. The van der Waals surface area contributed by atoms with Crippen molar-refractivity contribution in [1.29, 1.82) is 0 Å². The third kappa shape index (κ3) is 3.19. The highest BCUT2D eigenvalue weighted by Crippen LogP contribution is 2.23. The zero-order chi connectivity index (χ0) is 12.8. The lowest BCUT2D eigenvalue weighted by molar-refractivity contribution is -0.148. The highest BCUT2D eigenvalue weighted by molar-refractivity contribution is 5.77. The normalized spacial score (nSPS) is 16.9. The van der Waals surface area contributed by atoms with Gasteiger partial charge in [-0.1, -0.05) is 20.8 Å².